The highest BCUT2D eigenvalue weighted by molar-refractivity contribution is 6.30. The summed E-state index contributed by atoms with van der Waals surface area (Å²) in [7, 11) is 0. The lowest BCUT2D eigenvalue weighted by atomic mass is 10.1. The van der Waals surface area contributed by atoms with Gasteiger partial charge in [-0.05, 0) is 60.4 Å². The fourth-order valence-electron chi connectivity index (χ4n) is 2.80. The van der Waals surface area contributed by atoms with Crippen molar-refractivity contribution in [2.24, 2.45) is 0 Å². The summed E-state index contributed by atoms with van der Waals surface area (Å²) in [5.41, 5.74) is 1.21. The van der Waals surface area contributed by atoms with Crippen molar-refractivity contribution < 1.29 is 9.53 Å². The van der Waals surface area contributed by atoms with Gasteiger partial charge >= 0.3 is 0 Å². The minimum Gasteiger partial charge on any atom is -0.481 e. The molecule has 1 N–H and O–H groups in total. The van der Waals surface area contributed by atoms with Gasteiger partial charge in [-0.15, -0.1) is 0 Å². The first-order valence-corrected chi connectivity index (χ1v) is 9.17. The molecule has 0 radical (unpaired) electrons. The highest BCUT2D eigenvalue weighted by Crippen LogP contribution is 2.21. The molecule has 1 amide bonds. The fourth-order valence-corrected chi connectivity index (χ4v) is 2.92. The lowest BCUT2D eigenvalue weighted by Gasteiger charge is -2.15. The third kappa shape index (κ3) is 4.99. The van der Waals surface area contributed by atoms with Crippen LogP contribution in [0.15, 0.2) is 66.7 Å². The second kappa shape index (κ2) is 8.72. The summed E-state index contributed by atoms with van der Waals surface area (Å²) < 4.78 is 5.79. The molecule has 0 saturated carbocycles. The second-order valence-corrected chi connectivity index (χ2v) is 6.73. The standard InChI is InChI=1S/C22H22ClNO2/c1-16(26-21-13-10-18-6-2-3-7-19(18)15-21)22(25)24-14-4-5-17-8-11-20(23)12-9-17/h2-3,6-13,15-16H,4-5,14H2,1H3,(H,24,25)/t16-/m0/s1. The first kappa shape index (κ1) is 18.3. The van der Waals surface area contributed by atoms with Gasteiger partial charge in [-0.25, -0.2) is 0 Å². The Hall–Kier alpha value is -2.52. The molecule has 0 saturated heterocycles. The van der Waals surface area contributed by atoms with Crippen LogP contribution in [0.4, 0.5) is 0 Å². The SMILES string of the molecule is C[C@H](Oc1ccc2ccccc2c1)C(=O)NCCCc1ccc(Cl)cc1. The number of halogens is 1. The number of ether oxygens (including phenoxy) is 1. The van der Waals surface area contributed by atoms with Crippen molar-refractivity contribution in [3.63, 3.8) is 0 Å². The number of carbonyl (C=O) groups is 1. The van der Waals surface area contributed by atoms with E-state index in [1.807, 2.05) is 60.7 Å². The first-order chi connectivity index (χ1) is 12.6. The molecule has 0 unspecified atom stereocenters. The van der Waals surface area contributed by atoms with Crippen molar-refractivity contribution in [2.45, 2.75) is 25.9 Å². The van der Waals surface area contributed by atoms with Crippen molar-refractivity contribution in [2.75, 3.05) is 6.54 Å². The Bertz CT molecular complexity index is 877. The number of rotatable bonds is 7. The molecule has 0 aliphatic carbocycles. The largest absolute Gasteiger partial charge is 0.481 e. The maximum absolute atomic E-state index is 12.2. The number of hydrogen-bond donors (Lipinski definition) is 1. The zero-order valence-electron chi connectivity index (χ0n) is 14.7. The van der Waals surface area contributed by atoms with Gasteiger partial charge in [-0.1, -0.05) is 54.1 Å². The lowest BCUT2D eigenvalue weighted by Crippen LogP contribution is -2.36. The molecular weight excluding hydrogens is 346 g/mol. The third-order valence-electron chi connectivity index (χ3n) is 4.26. The number of aryl methyl sites for hydroxylation is 1. The summed E-state index contributed by atoms with van der Waals surface area (Å²) in [6.07, 6.45) is 1.24. The quantitative estimate of drug-likeness (QED) is 0.596. The van der Waals surface area contributed by atoms with E-state index in [0.717, 1.165) is 28.6 Å². The van der Waals surface area contributed by atoms with Crippen LogP contribution in [0.3, 0.4) is 0 Å². The summed E-state index contributed by atoms with van der Waals surface area (Å²) in [6.45, 7) is 2.39. The molecule has 26 heavy (non-hydrogen) atoms. The van der Waals surface area contributed by atoms with Crippen molar-refractivity contribution in [1.82, 2.24) is 5.32 Å². The Balaban J connectivity index is 1.45. The van der Waals surface area contributed by atoms with Crippen molar-refractivity contribution in [3.8, 4) is 5.75 Å². The highest BCUT2D eigenvalue weighted by Gasteiger charge is 2.14. The van der Waals surface area contributed by atoms with Crippen molar-refractivity contribution in [3.05, 3.63) is 77.3 Å². The molecule has 3 aromatic rings. The zero-order chi connectivity index (χ0) is 18.4. The summed E-state index contributed by atoms with van der Waals surface area (Å²) >= 11 is 5.88. The van der Waals surface area contributed by atoms with Crippen LogP contribution in [0.25, 0.3) is 10.8 Å². The van der Waals surface area contributed by atoms with E-state index in [2.05, 4.69) is 11.4 Å². The van der Waals surface area contributed by atoms with Gasteiger partial charge < -0.3 is 10.1 Å². The van der Waals surface area contributed by atoms with Crippen LogP contribution < -0.4 is 10.1 Å². The average molecular weight is 368 g/mol. The highest BCUT2D eigenvalue weighted by atomic mass is 35.5. The van der Waals surface area contributed by atoms with E-state index in [1.54, 1.807) is 6.92 Å². The second-order valence-electron chi connectivity index (χ2n) is 6.29. The van der Waals surface area contributed by atoms with Gasteiger partial charge in [0.15, 0.2) is 6.10 Å². The predicted molar refractivity (Wildman–Crippen MR) is 107 cm³/mol. The number of nitrogens with one attached hydrogen (secondary N) is 1. The Kier molecular flexibility index (Phi) is 6.13. The third-order valence-corrected chi connectivity index (χ3v) is 4.51. The molecule has 3 aromatic carbocycles. The maximum Gasteiger partial charge on any atom is 0.260 e. The van der Waals surface area contributed by atoms with Crippen molar-refractivity contribution >= 4 is 28.3 Å². The minimum absolute atomic E-state index is 0.103. The molecule has 0 bridgehead atoms. The summed E-state index contributed by atoms with van der Waals surface area (Å²) in [5.74, 6) is 0.599. The first-order valence-electron chi connectivity index (χ1n) is 8.79. The van der Waals surface area contributed by atoms with Gasteiger partial charge in [0.2, 0.25) is 0 Å². The number of fused-ring (bicyclic) bond motifs is 1. The Labute approximate surface area is 158 Å². The monoisotopic (exact) mass is 367 g/mol. The number of hydrogen-bond acceptors (Lipinski definition) is 2. The molecule has 4 heteroatoms. The molecular formula is C22H22ClNO2. The molecule has 0 fully saturated rings. The zero-order valence-corrected chi connectivity index (χ0v) is 15.5. The number of amides is 1. The van der Waals surface area contributed by atoms with Gasteiger partial charge in [0.1, 0.15) is 5.75 Å². The van der Waals surface area contributed by atoms with Gasteiger partial charge in [0.25, 0.3) is 5.91 Å². The summed E-state index contributed by atoms with van der Waals surface area (Å²) in [6, 6.07) is 21.7. The molecule has 1 atom stereocenters. The van der Waals surface area contributed by atoms with Crippen LogP contribution in [0.1, 0.15) is 18.9 Å². The van der Waals surface area contributed by atoms with Crippen LogP contribution in [0.5, 0.6) is 5.75 Å². The summed E-state index contributed by atoms with van der Waals surface area (Å²) in [4.78, 5) is 12.2. The average Bonchev–Trinajstić information content (AvgIpc) is 2.66. The summed E-state index contributed by atoms with van der Waals surface area (Å²) in [5, 5.41) is 5.92. The van der Waals surface area contributed by atoms with Crippen molar-refractivity contribution in [1.29, 1.82) is 0 Å². The lowest BCUT2D eigenvalue weighted by molar-refractivity contribution is -0.127. The van der Waals surface area contributed by atoms with E-state index in [1.165, 1.54) is 5.56 Å². The molecule has 0 spiro atoms. The normalized spacial score (nSPS) is 11.9. The fraction of sp³-hybridized carbons (Fsp3) is 0.227. The van der Waals surface area contributed by atoms with E-state index < -0.39 is 6.10 Å². The minimum atomic E-state index is -0.535. The van der Waals surface area contributed by atoms with E-state index in [9.17, 15) is 4.79 Å². The predicted octanol–water partition coefficient (Wildman–Crippen LogP) is 5.01. The van der Waals surface area contributed by atoms with E-state index >= 15 is 0 Å². The molecule has 3 rings (SSSR count). The van der Waals surface area contributed by atoms with E-state index in [4.69, 9.17) is 16.3 Å². The van der Waals surface area contributed by atoms with E-state index in [0.29, 0.717) is 12.3 Å². The Morgan fingerprint density at radius 3 is 2.54 bits per heavy atom. The topological polar surface area (TPSA) is 38.3 Å². The van der Waals surface area contributed by atoms with Gasteiger partial charge in [-0.2, -0.15) is 0 Å². The van der Waals surface area contributed by atoms with Crippen LogP contribution in [0, 0.1) is 0 Å². The van der Waals surface area contributed by atoms with Gasteiger partial charge in [-0.3, -0.25) is 4.79 Å². The molecule has 0 aromatic heterocycles. The van der Waals surface area contributed by atoms with Crippen LogP contribution >= 0.6 is 11.6 Å². The van der Waals surface area contributed by atoms with Crippen LogP contribution in [0.2, 0.25) is 5.02 Å². The molecule has 134 valence electrons. The molecule has 0 heterocycles. The molecule has 0 aliphatic heterocycles. The number of benzene rings is 3. The maximum atomic E-state index is 12.2. The van der Waals surface area contributed by atoms with E-state index in [-0.39, 0.29) is 5.91 Å². The van der Waals surface area contributed by atoms with Gasteiger partial charge in [0, 0.05) is 11.6 Å². The Morgan fingerprint density at radius 1 is 1.04 bits per heavy atom. The number of carbonyl (C=O) groups excluding carboxylic acids is 1. The smallest absolute Gasteiger partial charge is 0.260 e. The molecule has 3 nitrogen and oxygen atoms in total. The van der Waals surface area contributed by atoms with Gasteiger partial charge in [0.05, 0.1) is 0 Å². The van der Waals surface area contributed by atoms with Crippen LogP contribution in [-0.4, -0.2) is 18.6 Å². The Morgan fingerprint density at radius 2 is 1.77 bits per heavy atom. The molecule has 0 aliphatic rings. The van der Waals surface area contributed by atoms with Crippen LogP contribution in [-0.2, 0) is 11.2 Å².